The molecule has 1 aromatic heterocycles. The highest BCUT2D eigenvalue weighted by atomic mass is 14.9. The van der Waals surface area contributed by atoms with Crippen molar-refractivity contribution in [3.8, 4) is 22.4 Å². The van der Waals surface area contributed by atoms with Gasteiger partial charge in [0.1, 0.15) is 7.05 Å². The second kappa shape index (κ2) is 7.13. The van der Waals surface area contributed by atoms with E-state index in [1.807, 2.05) is 0 Å². The van der Waals surface area contributed by atoms with Crippen molar-refractivity contribution in [2.75, 3.05) is 0 Å². The predicted octanol–water partition coefficient (Wildman–Crippen LogP) is 6.72. The summed E-state index contributed by atoms with van der Waals surface area (Å²) in [4.78, 5) is 0. The quantitative estimate of drug-likeness (QED) is 0.339. The molecular weight excluding hydrogens is 350 g/mol. The maximum atomic E-state index is 2.53. The minimum Gasteiger partial charge on any atom is -0.201 e. The lowest BCUT2D eigenvalue weighted by Gasteiger charge is -2.23. The SMILES string of the molecule is Cc1c[n+](C)c(-c2c(C)ccc3c2Cc2cccc(C)c2-3)cc1C1CCCCC1. The van der Waals surface area contributed by atoms with Gasteiger partial charge in [0.05, 0.1) is 5.56 Å². The molecule has 1 heteroatoms. The Kier molecular flexibility index (Phi) is 4.57. The number of nitrogens with zero attached hydrogens (tertiary/aromatic N) is 1. The monoisotopic (exact) mass is 382 g/mol. The van der Waals surface area contributed by atoms with Gasteiger partial charge in [0.2, 0.25) is 5.69 Å². The van der Waals surface area contributed by atoms with Gasteiger partial charge in [0.25, 0.3) is 0 Å². The molecule has 0 N–H and O–H groups in total. The Labute approximate surface area is 175 Å². The summed E-state index contributed by atoms with van der Waals surface area (Å²) >= 11 is 0. The van der Waals surface area contributed by atoms with Crippen molar-refractivity contribution in [2.24, 2.45) is 7.05 Å². The Morgan fingerprint density at radius 1 is 0.828 bits per heavy atom. The molecular formula is C28H32N+. The normalized spacial score (nSPS) is 16.0. The van der Waals surface area contributed by atoms with E-state index in [-0.39, 0.29) is 0 Å². The van der Waals surface area contributed by atoms with Gasteiger partial charge < -0.3 is 0 Å². The Morgan fingerprint density at radius 3 is 2.38 bits per heavy atom. The predicted molar refractivity (Wildman–Crippen MR) is 121 cm³/mol. The molecule has 0 aliphatic heterocycles. The van der Waals surface area contributed by atoms with Gasteiger partial charge in [-0.15, -0.1) is 0 Å². The van der Waals surface area contributed by atoms with E-state index in [4.69, 9.17) is 0 Å². The van der Waals surface area contributed by atoms with E-state index in [2.05, 4.69) is 75.0 Å². The molecule has 1 saturated carbocycles. The van der Waals surface area contributed by atoms with Crippen molar-refractivity contribution in [3.63, 3.8) is 0 Å². The summed E-state index contributed by atoms with van der Waals surface area (Å²) < 4.78 is 2.36. The Balaban J connectivity index is 1.70. The van der Waals surface area contributed by atoms with Crippen molar-refractivity contribution in [2.45, 2.75) is 65.2 Å². The average molecular weight is 383 g/mol. The Hall–Kier alpha value is -2.41. The van der Waals surface area contributed by atoms with E-state index in [1.165, 1.54) is 82.3 Å². The summed E-state index contributed by atoms with van der Waals surface area (Å²) in [5.41, 5.74) is 14.6. The highest BCUT2D eigenvalue weighted by Gasteiger charge is 2.29. The van der Waals surface area contributed by atoms with E-state index in [9.17, 15) is 0 Å². The van der Waals surface area contributed by atoms with Crippen molar-refractivity contribution >= 4 is 0 Å². The molecule has 0 spiro atoms. The summed E-state index contributed by atoms with van der Waals surface area (Å²) in [5.74, 6) is 0.736. The van der Waals surface area contributed by atoms with E-state index < -0.39 is 0 Å². The van der Waals surface area contributed by atoms with Gasteiger partial charge in [0, 0.05) is 11.6 Å². The van der Waals surface area contributed by atoms with Crippen molar-refractivity contribution in [1.82, 2.24) is 0 Å². The first-order chi connectivity index (χ1) is 14.0. The van der Waals surface area contributed by atoms with E-state index in [0.717, 1.165) is 12.3 Å². The lowest BCUT2D eigenvalue weighted by Crippen LogP contribution is -2.32. The highest BCUT2D eigenvalue weighted by molar-refractivity contribution is 5.86. The molecule has 0 saturated heterocycles. The number of hydrogen-bond acceptors (Lipinski definition) is 0. The smallest absolute Gasteiger partial charge is 0.201 e. The number of aryl methyl sites for hydroxylation is 4. The van der Waals surface area contributed by atoms with Crippen LogP contribution in [0.4, 0.5) is 0 Å². The molecule has 0 atom stereocenters. The molecule has 1 heterocycles. The third-order valence-corrected chi connectivity index (χ3v) is 7.33. The largest absolute Gasteiger partial charge is 0.213 e. The van der Waals surface area contributed by atoms with Crippen molar-refractivity contribution in [3.05, 3.63) is 76.0 Å². The number of fused-ring (bicyclic) bond motifs is 3. The van der Waals surface area contributed by atoms with Crippen LogP contribution in [0.5, 0.6) is 0 Å². The molecule has 5 rings (SSSR count). The van der Waals surface area contributed by atoms with E-state index >= 15 is 0 Å². The van der Waals surface area contributed by atoms with E-state index in [1.54, 1.807) is 5.56 Å². The van der Waals surface area contributed by atoms with Crippen LogP contribution in [0, 0.1) is 20.8 Å². The van der Waals surface area contributed by atoms with Crippen molar-refractivity contribution in [1.29, 1.82) is 0 Å². The van der Waals surface area contributed by atoms with Gasteiger partial charge >= 0.3 is 0 Å². The molecule has 2 aliphatic rings. The zero-order chi connectivity index (χ0) is 20.1. The highest BCUT2D eigenvalue weighted by Crippen LogP contribution is 2.44. The average Bonchev–Trinajstić information content (AvgIpc) is 3.09. The molecule has 1 fully saturated rings. The van der Waals surface area contributed by atoms with Gasteiger partial charge in [-0.2, -0.15) is 0 Å². The van der Waals surface area contributed by atoms with Crippen LogP contribution in [-0.4, -0.2) is 0 Å². The number of pyridine rings is 1. The van der Waals surface area contributed by atoms with Crippen LogP contribution < -0.4 is 4.57 Å². The lowest BCUT2D eigenvalue weighted by atomic mass is 9.82. The first-order valence-electron chi connectivity index (χ1n) is 11.3. The fourth-order valence-corrected chi connectivity index (χ4v) is 5.89. The summed E-state index contributed by atoms with van der Waals surface area (Å²) in [5, 5.41) is 0. The Morgan fingerprint density at radius 2 is 1.59 bits per heavy atom. The maximum Gasteiger partial charge on any atom is 0.213 e. The van der Waals surface area contributed by atoms with Crippen LogP contribution in [0.3, 0.4) is 0 Å². The molecule has 0 amide bonds. The summed E-state index contributed by atoms with van der Waals surface area (Å²) in [6, 6.07) is 14.0. The van der Waals surface area contributed by atoms with Gasteiger partial charge in [0.15, 0.2) is 6.20 Å². The second-order valence-electron chi connectivity index (χ2n) is 9.31. The fraction of sp³-hybridized carbons (Fsp3) is 0.393. The minimum absolute atomic E-state index is 0.736. The third-order valence-electron chi connectivity index (χ3n) is 7.33. The third kappa shape index (κ3) is 3.03. The minimum atomic E-state index is 0.736. The van der Waals surface area contributed by atoms with Gasteiger partial charge in [-0.05, 0) is 84.9 Å². The molecule has 0 radical (unpaired) electrons. The molecule has 148 valence electrons. The zero-order valence-corrected chi connectivity index (χ0v) is 18.3. The van der Waals surface area contributed by atoms with Crippen LogP contribution in [-0.2, 0) is 13.5 Å². The number of aromatic nitrogens is 1. The van der Waals surface area contributed by atoms with Crippen LogP contribution >= 0.6 is 0 Å². The first-order valence-corrected chi connectivity index (χ1v) is 11.3. The number of rotatable bonds is 2. The topological polar surface area (TPSA) is 3.88 Å². The zero-order valence-electron chi connectivity index (χ0n) is 18.3. The number of benzene rings is 2. The second-order valence-corrected chi connectivity index (χ2v) is 9.31. The standard InChI is InChI=1S/C28H32N/c1-18-9-8-12-22-15-25-23(27(18)22)14-13-19(2)28(25)26-16-24(20(3)17-29(26)4)21-10-6-5-7-11-21/h8-9,12-14,16-17,21H,5-7,10-11,15H2,1-4H3/q+1. The van der Waals surface area contributed by atoms with Gasteiger partial charge in [-0.3, -0.25) is 0 Å². The summed E-state index contributed by atoms with van der Waals surface area (Å²) in [6.45, 7) is 6.83. The van der Waals surface area contributed by atoms with Gasteiger partial charge in [-0.1, -0.05) is 49.6 Å². The van der Waals surface area contributed by atoms with Crippen molar-refractivity contribution < 1.29 is 4.57 Å². The maximum absolute atomic E-state index is 2.53. The fourth-order valence-electron chi connectivity index (χ4n) is 5.89. The molecule has 0 unspecified atom stereocenters. The lowest BCUT2D eigenvalue weighted by molar-refractivity contribution is -0.660. The Bertz CT molecular complexity index is 1100. The molecule has 29 heavy (non-hydrogen) atoms. The van der Waals surface area contributed by atoms with Crippen LogP contribution in [0.15, 0.2) is 42.6 Å². The summed E-state index contributed by atoms with van der Waals surface area (Å²) in [6.07, 6.45) is 10.3. The molecule has 0 bridgehead atoms. The molecule has 2 aromatic carbocycles. The van der Waals surface area contributed by atoms with Crippen LogP contribution in [0.25, 0.3) is 22.4 Å². The number of hydrogen-bond donors (Lipinski definition) is 0. The van der Waals surface area contributed by atoms with E-state index in [0.29, 0.717) is 0 Å². The summed E-state index contributed by atoms with van der Waals surface area (Å²) in [7, 11) is 2.22. The molecule has 2 aliphatic carbocycles. The molecule has 1 nitrogen and oxygen atoms in total. The van der Waals surface area contributed by atoms with Crippen LogP contribution in [0.1, 0.15) is 71.4 Å². The van der Waals surface area contributed by atoms with Crippen LogP contribution in [0.2, 0.25) is 0 Å². The first kappa shape index (κ1) is 18.6. The molecule has 3 aromatic rings. The van der Waals surface area contributed by atoms with Gasteiger partial charge in [-0.25, -0.2) is 4.57 Å².